The summed E-state index contributed by atoms with van der Waals surface area (Å²) in [5, 5.41) is 2.64. The van der Waals surface area contributed by atoms with Crippen LogP contribution in [0.25, 0.3) is 0 Å². The molecule has 0 unspecified atom stereocenters. The van der Waals surface area contributed by atoms with Crippen molar-refractivity contribution in [1.82, 2.24) is 4.90 Å². The van der Waals surface area contributed by atoms with Crippen molar-refractivity contribution in [3.05, 3.63) is 59.9 Å². The van der Waals surface area contributed by atoms with Crippen LogP contribution in [0.2, 0.25) is 0 Å². The lowest BCUT2D eigenvalue weighted by molar-refractivity contribution is -0.132. The number of hydrogen-bond donors (Lipinski definition) is 1. The molecule has 2 amide bonds. The predicted molar refractivity (Wildman–Crippen MR) is 89.1 cm³/mol. The molecule has 126 valence electrons. The van der Waals surface area contributed by atoms with Crippen molar-refractivity contribution >= 4 is 17.5 Å². The molecule has 0 aromatic heterocycles. The lowest BCUT2D eigenvalue weighted by atomic mass is 10.2. The maximum atomic E-state index is 13.2. The molecule has 0 aliphatic rings. The van der Waals surface area contributed by atoms with Crippen LogP contribution < -0.4 is 10.1 Å². The Labute approximate surface area is 140 Å². The van der Waals surface area contributed by atoms with Crippen LogP contribution in [0.5, 0.6) is 5.75 Å². The molecule has 0 saturated heterocycles. The normalized spacial score (nSPS) is 10.1. The molecule has 2 rings (SSSR count). The molecule has 0 bridgehead atoms. The Morgan fingerprint density at radius 3 is 2.62 bits per heavy atom. The Balaban J connectivity index is 1.94. The van der Waals surface area contributed by atoms with Crippen LogP contribution in [0.3, 0.4) is 0 Å². The van der Waals surface area contributed by atoms with E-state index in [1.807, 2.05) is 0 Å². The number of rotatable bonds is 6. The minimum Gasteiger partial charge on any atom is -0.482 e. The minimum absolute atomic E-state index is 0.178. The van der Waals surface area contributed by atoms with Crippen LogP contribution in [0, 0.1) is 5.82 Å². The van der Waals surface area contributed by atoms with Crippen molar-refractivity contribution < 1.29 is 18.7 Å². The number of nitrogens with zero attached hydrogens (tertiary/aromatic N) is 1. The van der Waals surface area contributed by atoms with Gasteiger partial charge in [-0.05, 0) is 29.8 Å². The predicted octanol–water partition coefficient (Wildman–Crippen LogP) is 2.82. The Bertz CT molecular complexity index is 734. The third kappa shape index (κ3) is 5.08. The number of carbonyl (C=O) groups excluding carboxylic acids is 2. The lowest BCUT2D eigenvalue weighted by Gasteiger charge is -2.18. The fourth-order valence-electron chi connectivity index (χ4n) is 2.13. The molecule has 0 saturated carbocycles. The van der Waals surface area contributed by atoms with Gasteiger partial charge in [0.25, 0.3) is 5.91 Å². The van der Waals surface area contributed by atoms with E-state index >= 15 is 0 Å². The largest absolute Gasteiger partial charge is 0.482 e. The Hall–Kier alpha value is -2.89. The summed E-state index contributed by atoms with van der Waals surface area (Å²) in [5.41, 5.74) is 1.20. The summed E-state index contributed by atoms with van der Waals surface area (Å²) < 4.78 is 18.7. The zero-order chi connectivity index (χ0) is 17.5. The van der Waals surface area contributed by atoms with Gasteiger partial charge < -0.3 is 15.0 Å². The number of carbonyl (C=O) groups is 2. The number of benzene rings is 2. The smallest absolute Gasteiger partial charge is 0.260 e. The summed E-state index contributed by atoms with van der Waals surface area (Å²) in [5.74, 6) is -0.397. The quantitative estimate of drug-likeness (QED) is 0.886. The van der Waals surface area contributed by atoms with E-state index in [-0.39, 0.29) is 30.8 Å². The van der Waals surface area contributed by atoms with Crippen molar-refractivity contribution in [2.75, 3.05) is 19.0 Å². The molecule has 0 spiro atoms. The maximum Gasteiger partial charge on any atom is 0.260 e. The van der Waals surface area contributed by atoms with Gasteiger partial charge in [0.1, 0.15) is 11.6 Å². The summed E-state index contributed by atoms with van der Waals surface area (Å²) in [7, 11) is 1.62. The maximum absolute atomic E-state index is 13.2. The van der Waals surface area contributed by atoms with Gasteiger partial charge in [-0.1, -0.05) is 24.3 Å². The van der Waals surface area contributed by atoms with E-state index in [9.17, 15) is 14.0 Å². The third-order valence-corrected chi connectivity index (χ3v) is 3.28. The average molecular weight is 330 g/mol. The highest BCUT2D eigenvalue weighted by Gasteiger charge is 2.12. The summed E-state index contributed by atoms with van der Waals surface area (Å²) in [6.07, 6.45) is 0. The van der Waals surface area contributed by atoms with E-state index in [4.69, 9.17) is 4.74 Å². The van der Waals surface area contributed by atoms with E-state index in [1.54, 1.807) is 43.4 Å². The molecule has 5 nitrogen and oxygen atoms in total. The monoisotopic (exact) mass is 330 g/mol. The van der Waals surface area contributed by atoms with E-state index in [0.29, 0.717) is 17.0 Å². The molecule has 0 heterocycles. The number of halogens is 1. The van der Waals surface area contributed by atoms with Gasteiger partial charge in [-0.2, -0.15) is 0 Å². The molecule has 0 atom stereocenters. The second kappa shape index (κ2) is 8.10. The molecule has 6 heteroatoms. The van der Waals surface area contributed by atoms with Gasteiger partial charge in [0.05, 0.1) is 5.69 Å². The van der Waals surface area contributed by atoms with Crippen LogP contribution in [0.1, 0.15) is 12.5 Å². The zero-order valence-corrected chi connectivity index (χ0v) is 13.6. The number of para-hydroxylation sites is 2. The van der Waals surface area contributed by atoms with E-state index in [0.717, 1.165) is 0 Å². The van der Waals surface area contributed by atoms with Crippen LogP contribution in [0.4, 0.5) is 10.1 Å². The van der Waals surface area contributed by atoms with Gasteiger partial charge >= 0.3 is 0 Å². The number of likely N-dealkylation sites (N-methyl/N-ethyl adjacent to an activating group) is 1. The summed E-state index contributed by atoms with van der Waals surface area (Å²) >= 11 is 0. The van der Waals surface area contributed by atoms with Gasteiger partial charge in [0.2, 0.25) is 5.91 Å². The fraction of sp³-hybridized carbons (Fsp3) is 0.222. The number of hydrogen-bond acceptors (Lipinski definition) is 3. The molecule has 2 aromatic rings. The number of ether oxygens (including phenoxy) is 1. The van der Waals surface area contributed by atoms with Gasteiger partial charge in [0, 0.05) is 20.5 Å². The number of nitrogens with one attached hydrogen (secondary N) is 1. The van der Waals surface area contributed by atoms with Crippen molar-refractivity contribution in [3.63, 3.8) is 0 Å². The summed E-state index contributed by atoms with van der Waals surface area (Å²) in [4.78, 5) is 24.8. The minimum atomic E-state index is -0.339. The molecule has 24 heavy (non-hydrogen) atoms. The van der Waals surface area contributed by atoms with E-state index in [1.165, 1.54) is 24.0 Å². The number of amides is 2. The molecule has 0 fully saturated rings. The SMILES string of the molecule is CC(=O)Nc1ccccc1OCC(=O)N(C)Cc1cccc(F)c1. The molecular weight excluding hydrogens is 311 g/mol. The van der Waals surface area contributed by atoms with E-state index < -0.39 is 0 Å². The molecule has 0 aliphatic heterocycles. The van der Waals surface area contributed by atoms with Gasteiger partial charge in [-0.25, -0.2) is 4.39 Å². The standard InChI is InChI=1S/C18H19FN2O3/c1-13(22)20-16-8-3-4-9-17(16)24-12-18(23)21(2)11-14-6-5-7-15(19)10-14/h3-10H,11-12H2,1-2H3,(H,20,22). The van der Waals surface area contributed by atoms with Crippen LogP contribution in [-0.2, 0) is 16.1 Å². The molecule has 0 radical (unpaired) electrons. The van der Waals surface area contributed by atoms with E-state index in [2.05, 4.69) is 5.32 Å². The highest BCUT2D eigenvalue weighted by molar-refractivity contribution is 5.90. The van der Waals surface area contributed by atoms with Gasteiger partial charge in [-0.3, -0.25) is 9.59 Å². The highest BCUT2D eigenvalue weighted by Crippen LogP contribution is 2.23. The first-order valence-electron chi connectivity index (χ1n) is 7.43. The average Bonchev–Trinajstić information content (AvgIpc) is 2.53. The summed E-state index contributed by atoms with van der Waals surface area (Å²) in [6, 6.07) is 13.0. The number of anilines is 1. The first-order chi connectivity index (χ1) is 11.5. The third-order valence-electron chi connectivity index (χ3n) is 3.28. The van der Waals surface area contributed by atoms with Crippen molar-refractivity contribution in [3.8, 4) is 5.75 Å². The second-order valence-corrected chi connectivity index (χ2v) is 5.35. The van der Waals surface area contributed by atoms with Crippen molar-refractivity contribution in [2.24, 2.45) is 0 Å². The Morgan fingerprint density at radius 1 is 1.17 bits per heavy atom. The second-order valence-electron chi connectivity index (χ2n) is 5.35. The Morgan fingerprint density at radius 2 is 1.92 bits per heavy atom. The van der Waals surface area contributed by atoms with Crippen molar-refractivity contribution in [2.45, 2.75) is 13.5 Å². The molecule has 1 N–H and O–H groups in total. The first-order valence-corrected chi connectivity index (χ1v) is 7.43. The fourth-order valence-corrected chi connectivity index (χ4v) is 2.13. The lowest BCUT2D eigenvalue weighted by Crippen LogP contribution is -2.31. The molecule has 0 aliphatic carbocycles. The zero-order valence-electron chi connectivity index (χ0n) is 13.6. The van der Waals surface area contributed by atoms with Crippen LogP contribution in [-0.4, -0.2) is 30.4 Å². The van der Waals surface area contributed by atoms with Crippen LogP contribution in [0.15, 0.2) is 48.5 Å². The topological polar surface area (TPSA) is 58.6 Å². The molecular formula is C18H19FN2O3. The Kier molecular flexibility index (Phi) is 5.89. The first kappa shape index (κ1) is 17.5. The van der Waals surface area contributed by atoms with Crippen molar-refractivity contribution in [1.29, 1.82) is 0 Å². The van der Waals surface area contributed by atoms with Crippen LogP contribution >= 0.6 is 0 Å². The summed E-state index contributed by atoms with van der Waals surface area (Å²) in [6.45, 7) is 1.50. The molecule has 2 aromatic carbocycles. The van der Waals surface area contributed by atoms with Gasteiger partial charge in [0.15, 0.2) is 6.61 Å². The van der Waals surface area contributed by atoms with Gasteiger partial charge in [-0.15, -0.1) is 0 Å². The highest BCUT2D eigenvalue weighted by atomic mass is 19.1.